The van der Waals surface area contributed by atoms with Crippen molar-refractivity contribution in [2.24, 2.45) is 5.16 Å². The number of Topliss-reactive ketones (excluding diaryl/α,β-unsaturated/α-hetero) is 1. The Morgan fingerprint density at radius 2 is 1.22 bits per heavy atom. The van der Waals surface area contributed by atoms with E-state index in [0.29, 0.717) is 11.1 Å². The molecule has 0 atom stereocenters. The summed E-state index contributed by atoms with van der Waals surface area (Å²) < 4.78 is 0. The molecule has 0 heterocycles. The van der Waals surface area contributed by atoms with Gasteiger partial charge in [0.05, 0.1) is 4.92 Å². The second-order valence-corrected chi connectivity index (χ2v) is 11.1. The summed E-state index contributed by atoms with van der Waals surface area (Å²) in [5.74, 6) is -1.36. The molecular formula is C36H26N2O6S. The smallest absolute Gasteiger partial charge is 0.318 e. The maximum absolute atomic E-state index is 13.4. The van der Waals surface area contributed by atoms with E-state index >= 15 is 0 Å². The van der Waals surface area contributed by atoms with Crippen LogP contribution in [0.2, 0.25) is 0 Å². The molecule has 0 saturated heterocycles. The van der Waals surface area contributed by atoms with Gasteiger partial charge in [0.2, 0.25) is 5.78 Å². The highest BCUT2D eigenvalue weighted by atomic mass is 32.2. The van der Waals surface area contributed by atoms with Crippen molar-refractivity contribution in [3.05, 3.63) is 159 Å². The Bertz CT molecular complexity index is 1920. The molecule has 0 bridgehead atoms. The first-order valence-electron chi connectivity index (χ1n) is 13.8. The number of rotatable bonds is 10. The van der Waals surface area contributed by atoms with Crippen molar-refractivity contribution in [3.8, 4) is 11.1 Å². The number of nitrogens with zero attached hydrogens (tertiary/aromatic N) is 2. The van der Waals surface area contributed by atoms with E-state index in [1.54, 1.807) is 36.4 Å². The lowest BCUT2D eigenvalue weighted by Crippen LogP contribution is -2.18. The number of benzene rings is 5. The molecule has 0 amide bonds. The van der Waals surface area contributed by atoms with Crippen LogP contribution < -0.4 is 0 Å². The van der Waals surface area contributed by atoms with Crippen molar-refractivity contribution < 1.29 is 24.1 Å². The lowest BCUT2D eigenvalue weighted by Gasteiger charge is -2.10. The van der Waals surface area contributed by atoms with Gasteiger partial charge in [0, 0.05) is 50.6 Å². The third-order valence-electron chi connectivity index (χ3n) is 6.96. The highest BCUT2D eigenvalue weighted by Gasteiger charge is 2.24. The molecule has 0 aliphatic heterocycles. The maximum Gasteiger partial charge on any atom is 0.332 e. The number of oxime groups is 1. The second kappa shape index (κ2) is 13.7. The van der Waals surface area contributed by atoms with E-state index in [1.165, 1.54) is 36.9 Å². The molecule has 0 fully saturated rings. The predicted octanol–water partition coefficient (Wildman–Crippen LogP) is 8.10. The molecule has 9 heteroatoms. The molecule has 0 aliphatic rings. The van der Waals surface area contributed by atoms with Crippen molar-refractivity contribution in [2.45, 2.75) is 23.6 Å². The Morgan fingerprint density at radius 3 is 1.78 bits per heavy atom. The Kier molecular flexibility index (Phi) is 9.40. The summed E-state index contributed by atoms with van der Waals surface area (Å²) in [4.78, 5) is 55.3. The Labute approximate surface area is 263 Å². The highest BCUT2D eigenvalue weighted by molar-refractivity contribution is 7.99. The van der Waals surface area contributed by atoms with Gasteiger partial charge in [-0.25, -0.2) is 4.79 Å². The topological polar surface area (TPSA) is 116 Å². The lowest BCUT2D eigenvalue weighted by atomic mass is 9.96. The van der Waals surface area contributed by atoms with E-state index in [-0.39, 0.29) is 33.9 Å². The average Bonchev–Trinajstić information content (AvgIpc) is 3.06. The minimum Gasteiger partial charge on any atom is -0.318 e. The van der Waals surface area contributed by atoms with E-state index in [1.807, 2.05) is 66.7 Å². The minimum absolute atomic E-state index is 0.0702. The van der Waals surface area contributed by atoms with Crippen molar-refractivity contribution in [1.29, 1.82) is 0 Å². The highest BCUT2D eigenvalue weighted by Crippen LogP contribution is 2.29. The van der Waals surface area contributed by atoms with E-state index < -0.39 is 16.7 Å². The van der Waals surface area contributed by atoms with Gasteiger partial charge in [-0.05, 0) is 66.6 Å². The fourth-order valence-electron chi connectivity index (χ4n) is 4.63. The first kappa shape index (κ1) is 30.8. The molecule has 8 nitrogen and oxygen atoms in total. The van der Waals surface area contributed by atoms with Crippen molar-refractivity contribution >= 4 is 40.7 Å². The normalized spacial score (nSPS) is 11.1. The van der Waals surface area contributed by atoms with Gasteiger partial charge in [0.15, 0.2) is 11.5 Å². The summed E-state index contributed by atoms with van der Waals surface area (Å²) in [6.45, 7) is 2.65. The predicted molar refractivity (Wildman–Crippen MR) is 173 cm³/mol. The Balaban J connectivity index is 1.29. The number of carbonyl (C=O) groups excluding carboxylic acids is 3. The summed E-state index contributed by atoms with van der Waals surface area (Å²) in [7, 11) is 0. The van der Waals surface area contributed by atoms with Gasteiger partial charge in [0.25, 0.3) is 5.69 Å². The number of nitro groups is 1. The molecule has 0 radical (unpaired) electrons. The van der Waals surface area contributed by atoms with Crippen LogP contribution in [0.15, 0.2) is 136 Å². The van der Waals surface area contributed by atoms with Gasteiger partial charge < -0.3 is 4.84 Å². The van der Waals surface area contributed by atoms with Gasteiger partial charge in [-0.2, -0.15) is 0 Å². The summed E-state index contributed by atoms with van der Waals surface area (Å²) >= 11 is 1.45. The van der Waals surface area contributed by atoms with Gasteiger partial charge >= 0.3 is 5.97 Å². The summed E-state index contributed by atoms with van der Waals surface area (Å²) in [6, 6.07) is 35.8. The minimum atomic E-state index is -0.733. The fraction of sp³-hybridized carbons (Fsp3) is 0.0556. The van der Waals surface area contributed by atoms with Crippen molar-refractivity contribution in [1.82, 2.24) is 0 Å². The molecule has 0 unspecified atom stereocenters. The van der Waals surface area contributed by atoms with Crippen molar-refractivity contribution in [2.75, 3.05) is 0 Å². The summed E-state index contributed by atoms with van der Waals surface area (Å²) in [6.07, 6.45) is 0. The Hall–Kier alpha value is -5.67. The fourth-order valence-corrected chi connectivity index (χ4v) is 5.45. The molecular weight excluding hydrogens is 588 g/mol. The zero-order valence-corrected chi connectivity index (χ0v) is 25.1. The quantitative estimate of drug-likeness (QED) is 0.0513. The molecule has 5 rings (SSSR count). The van der Waals surface area contributed by atoms with Crippen LogP contribution in [0.3, 0.4) is 0 Å². The number of hydrogen-bond donors (Lipinski definition) is 0. The third-order valence-corrected chi connectivity index (χ3v) is 7.98. The van der Waals surface area contributed by atoms with Gasteiger partial charge in [-0.15, -0.1) is 0 Å². The first-order chi connectivity index (χ1) is 21.7. The van der Waals surface area contributed by atoms with Gasteiger partial charge in [-0.3, -0.25) is 19.7 Å². The van der Waals surface area contributed by atoms with Crippen LogP contribution >= 0.6 is 11.8 Å². The van der Waals surface area contributed by atoms with E-state index in [0.717, 1.165) is 27.8 Å². The molecule has 5 aromatic carbocycles. The number of carbonyl (C=O) groups is 3. The largest absolute Gasteiger partial charge is 0.332 e. The van der Waals surface area contributed by atoms with Crippen LogP contribution in [0.25, 0.3) is 11.1 Å². The molecule has 0 aliphatic carbocycles. The van der Waals surface area contributed by atoms with Crippen molar-refractivity contribution in [3.63, 3.8) is 0 Å². The number of hydrogen-bond acceptors (Lipinski definition) is 8. The van der Waals surface area contributed by atoms with Crippen LogP contribution in [0, 0.1) is 17.0 Å². The molecule has 5 aromatic rings. The third kappa shape index (κ3) is 7.29. The second-order valence-electron chi connectivity index (χ2n) is 9.98. The first-order valence-corrected chi connectivity index (χ1v) is 14.7. The van der Waals surface area contributed by atoms with E-state index in [4.69, 9.17) is 4.84 Å². The Morgan fingerprint density at radius 1 is 0.689 bits per heavy atom. The molecule has 0 saturated carbocycles. The standard InChI is InChI=1S/C36H26N2O6S/c1-23-32(9-6-10-33(23)38(42)43)34(37-44-24(2)39)36(41)29-17-21-31(22-18-29)45-30-19-15-28(16-20-30)35(40)27-13-11-26(12-14-27)25-7-4-3-5-8-25/h3-22H,1-2H3/b37-34+. The number of nitro benzene ring substituents is 1. The zero-order chi connectivity index (χ0) is 31.9. The van der Waals surface area contributed by atoms with Crippen LogP contribution in [0.4, 0.5) is 5.69 Å². The summed E-state index contributed by atoms with van der Waals surface area (Å²) in [5.41, 5.74) is 3.57. The zero-order valence-electron chi connectivity index (χ0n) is 24.3. The molecule has 0 aromatic heterocycles. The van der Waals surface area contributed by atoms with E-state index in [2.05, 4.69) is 5.16 Å². The van der Waals surface area contributed by atoms with Gasteiger partial charge in [0.1, 0.15) is 0 Å². The molecule has 222 valence electrons. The number of ketones is 2. The molecule has 45 heavy (non-hydrogen) atoms. The molecule has 0 spiro atoms. The van der Waals surface area contributed by atoms with Crippen LogP contribution in [0.1, 0.15) is 44.3 Å². The van der Waals surface area contributed by atoms with Crippen LogP contribution in [-0.2, 0) is 9.63 Å². The van der Waals surface area contributed by atoms with Gasteiger partial charge in [-0.1, -0.05) is 83.6 Å². The SMILES string of the molecule is CC(=O)O/N=C(/C(=O)c1ccc(Sc2ccc(C(=O)c3ccc(-c4ccccc4)cc3)cc2)cc1)c1cccc([N+](=O)[O-])c1C. The van der Waals surface area contributed by atoms with E-state index in [9.17, 15) is 24.5 Å². The summed E-state index contributed by atoms with van der Waals surface area (Å²) in [5, 5.41) is 15.2. The van der Waals surface area contributed by atoms with Crippen LogP contribution in [-0.4, -0.2) is 28.2 Å². The lowest BCUT2D eigenvalue weighted by molar-refractivity contribution is -0.385. The van der Waals surface area contributed by atoms with Crippen LogP contribution in [0.5, 0.6) is 0 Å². The average molecular weight is 615 g/mol. The molecule has 0 N–H and O–H groups in total. The monoisotopic (exact) mass is 614 g/mol. The maximum atomic E-state index is 13.4.